The van der Waals surface area contributed by atoms with E-state index in [-0.39, 0.29) is 35.5 Å². The maximum atomic E-state index is 12.8. The second kappa shape index (κ2) is 11.5. The fraction of sp³-hybridized carbons (Fsp3) is 0.682. The quantitative estimate of drug-likeness (QED) is 0.506. The van der Waals surface area contributed by atoms with Gasteiger partial charge in [-0.1, -0.05) is 23.2 Å². The number of carbonyl (C=O) groups excluding carboxylic acids is 1. The molecule has 0 bridgehead atoms. The summed E-state index contributed by atoms with van der Waals surface area (Å²) in [6.07, 6.45) is 2.66. The third-order valence-electron chi connectivity index (χ3n) is 6.50. The van der Waals surface area contributed by atoms with E-state index in [0.717, 1.165) is 26.2 Å². The van der Waals surface area contributed by atoms with Crippen LogP contribution >= 0.6 is 23.2 Å². The molecule has 1 amide bonds. The minimum Gasteiger partial charge on any atom is -0.372 e. The summed E-state index contributed by atoms with van der Waals surface area (Å²) >= 11 is 11.9. The minimum absolute atomic E-state index is 0.0251. The molecule has 0 aromatic heterocycles. The second-order valence-electron chi connectivity index (χ2n) is 8.72. The number of piperidine rings is 1. The summed E-state index contributed by atoms with van der Waals surface area (Å²) in [7, 11) is -1.44. The van der Waals surface area contributed by atoms with Crippen LogP contribution in [0.1, 0.15) is 26.2 Å². The molecule has 1 aromatic carbocycles. The number of rotatable bonds is 8. The van der Waals surface area contributed by atoms with Gasteiger partial charge in [0.2, 0.25) is 5.91 Å². The smallest absolute Gasteiger partial charge is 0.248 e. The fourth-order valence-corrected chi connectivity index (χ4v) is 6.43. The molecule has 1 aromatic rings. The first kappa shape index (κ1) is 25.7. The standard InChI is InChI=1S/C22H33Cl2N3O4S/c1-17(32(29,30)21-4-3-18(23)15-20(21)24)7-14-31-16-22(28)27-12-10-26(11-13-27)19-5-8-25(2)9-6-19/h3-4,15,17,19H,5-14,16H2,1-2H3. The summed E-state index contributed by atoms with van der Waals surface area (Å²) in [5, 5.41) is -0.190. The lowest BCUT2D eigenvalue weighted by Crippen LogP contribution is -2.54. The molecule has 10 heteroatoms. The molecule has 2 fully saturated rings. The first-order chi connectivity index (χ1) is 15.2. The Morgan fingerprint density at radius 1 is 1.12 bits per heavy atom. The van der Waals surface area contributed by atoms with Gasteiger partial charge in [-0.25, -0.2) is 8.42 Å². The number of ether oxygens (including phenoxy) is 1. The summed E-state index contributed by atoms with van der Waals surface area (Å²) in [4.78, 5) is 19.3. The molecule has 1 atom stereocenters. The van der Waals surface area contributed by atoms with E-state index < -0.39 is 15.1 Å². The predicted molar refractivity (Wildman–Crippen MR) is 127 cm³/mol. The molecule has 2 saturated heterocycles. The largest absolute Gasteiger partial charge is 0.372 e. The number of benzene rings is 1. The molecule has 0 radical (unpaired) electrons. The zero-order chi connectivity index (χ0) is 23.3. The zero-order valence-corrected chi connectivity index (χ0v) is 21.1. The van der Waals surface area contributed by atoms with Gasteiger partial charge in [0.25, 0.3) is 0 Å². The van der Waals surface area contributed by atoms with E-state index in [1.165, 1.54) is 31.0 Å². The Hall–Kier alpha value is -0.900. The van der Waals surface area contributed by atoms with Gasteiger partial charge in [-0.3, -0.25) is 9.69 Å². The molecule has 2 aliphatic heterocycles. The summed E-state index contributed by atoms with van der Waals surface area (Å²) in [5.74, 6) is -0.0377. The molecule has 2 heterocycles. The topological polar surface area (TPSA) is 70.2 Å². The summed E-state index contributed by atoms with van der Waals surface area (Å²) in [6.45, 7) is 7.28. The normalized spacial score (nSPS) is 20.4. The summed E-state index contributed by atoms with van der Waals surface area (Å²) in [6, 6.07) is 4.97. The molecule has 0 aliphatic carbocycles. The van der Waals surface area contributed by atoms with Crippen molar-refractivity contribution in [2.45, 2.75) is 42.4 Å². The van der Waals surface area contributed by atoms with Crippen LogP contribution in [0.4, 0.5) is 0 Å². The van der Waals surface area contributed by atoms with Crippen LogP contribution in [0.2, 0.25) is 10.0 Å². The Morgan fingerprint density at radius 3 is 2.41 bits per heavy atom. The van der Waals surface area contributed by atoms with Crippen LogP contribution in [0.25, 0.3) is 0 Å². The van der Waals surface area contributed by atoms with Crippen LogP contribution in [-0.4, -0.2) is 99.8 Å². The van der Waals surface area contributed by atoms with Crippen molar-refractivity contribution in [3.05, 3.63) is 28.2 Å². The van der Waals surface area contributed by atoms with Gasteiger partial charge in [0, 0.05) is 43.9 Å². The molecular formula is C22H33Cl2N3O4S. The number of nitrogens with zero attached hydrogens (tertiary/aromatic N) is 3. The molecule has 0 saturated carbocycles. The average molecular weight is 506 g/mol. The van der Waals surface area contributed by atoms with E-state index in [2.05, 4.69) is 16.8 Å². The molecule has 32 heavy (non-hydrogen) atoms. The Bertz CT molecular complexity index is 883. The zero-order valence-electron chi connectivity index (χ0n) is 18.8. The first-order valence-electron chi connectivity index (χ1n) is 11.2. The highest BCUT2D eigenvalue weighted by atomic mass is 35.5. The SMILES string of the molecule is CC(CCOCC(=O)N1CCN(C2CCN(C)CC2)CC1)S(=O)(=O)c1ccc(Cl)cc1Cl. The van der Waals surface area contributed by atoms with Gasteiger partial charge >= 0.3 is 0 Å². The van der Waals surface area contributed by atoms with Crippen molar-refractivity contribution in [3.8, 4) is 0 Å². The third-order valence-corrected chi connectivity index (χ3v) is 9.42. The molecule has 0 N–H and O–H groups in total. The number of carbonyl (C=O) groups is 1. The Morgan fingerprint density at radius 2 is 1.78 bits per heavy atom. The average Bonchev–Trinajstić information content (AvgIpc) is 2.76. The van der Waals surface area contributed by atoms with Gasteiger partial charge in [0.05, 0.1) is 15.2 Å². The summed E-state index contributed by atoms with van der Waals surface area (Å²) < 4.78 is 31.0. The van der Waals surface area contributed by atoms with Crippen molar-refractivity contribution >= 4 is 38.9 Å². The van der Waals surface area contributed by atoms with E-state index in [1.54, 1.807) is 6.92 Å². The number of halogens is 2. The van der Waals surface area contributed by atoms with E-state index >= 15 is 0 Å². The van der Waals surface area contributed by atoms with E-state index in [1.807, 2.05) is 4.90 Å². The fourth-order valence-electron chi connectivity index (χ4n) is 4.27. The third kappa shape index (κ3) is 6.58. The number of sulfone groups is 1. The van der Waals surface area contributed by atoms with Crippen LogP contribution in [0.15, 0.2) is 23.1 Å². The molecule has 3 rings (SSSR count). The van der Waals surface area contributed by atoms with Gasteiger partial charge < -0.3 is 14.5 Å². The van der Waals surface area contributed by atoms with Gasteiger partial charge in [-0.15, -0.1) is 0 Å². The van der Waals surface area contributed by atoms with E-state index in [9.17, 15) is 13.2 Å². The lowest BCUT2D eigenvalue weighted by molar-refractivity contribution is -0.138. The first-order valence-corrected chi connectivity index (χ1v) is 13.5. The summed E-state index contributed by atoms with van der Waals surface area (Å²) in [5.41, 5.74) is 0. The van der Waals surface area contributed by atoms with Crippen LogP contribution in [-0.2, 0) is 19.4 Å². The van der Waals surface area contributed by atoms with Gasteiger partial charge in [-0.2, -0.15) is 0 Å². The highest BCUT2D eigenvalue weighted by Gasteiger charge is 2.29. The highest BCUT2D eigenvalue weighted by molar-refractivity contribution is 7.92. The van der Waals surface area contributed by atoms with E-state index in [4.69, 9.17) is 27.9 Å². The second-order valence-corrected chi connectivity index (χ2v) is 11.9. The number of piperazine rings is 1. The lowest BCUT2D eigenvalue weighted by atomic mass is 10.0. The number of hydrogen-bond donors (Lipinski definition) is 0. The van der Waals surface area contributed by atoms with E-state index in [0.29, 0.717) is 24.2 Å². The van der Waals surface area contributed by atoms with Gasteiger partial charge in [0.1, 0.15) is 6.61 Å². The minimum atomic E-state index is -3.60. The van der Waals surface area contributed by atoms with Crippen LogP contribution < -0.4 is 0 Å². The lowest BCUT2D eigenvalue weighted by Gasteiger charge is -2.42. The van der Waals surface area contributed by atoms with Crippen LogP contribution in [0.3, 0.4) is 0 Å². The van der Waals surface area contributed by atoms with Crippen molar-refractivity contribution < 1.29 is 17.9 Å². The molecular weight excluding hydrogens is 473 g/mol. The molecule has 1 unspecified atom stereocenters. The van der Waals surface area contributed by atoms with Crippen LogP contribution in [0, 0.1) is 0 Å². The molecule has 2 aliphatic rings. The Labute approximate surface area is 201 Å². The number of hydrogen-bond acceptors (Lipinski definition) is 6. The maximum absolute atomic E-state index is 12.8. The van der Waals surface area contributed by atoms with Crippen LogP contribution in [0.5, 0.6) is 0 Å². The molecule has 0 spiro atoms. The Kier molecular flexibility index (Phi) is 9.23. The molecule has 180 valence electrons. The van der Waals surface area contributed by atoms with Gasteiger partial charge in [-0.05, 0) is 64.5 Å². The maximum Gasteiger partial charge on any atom is 0.248 e. The highest BCUT2D eigenvalue weighted by Crippen LogP contribution is 2.28. The Balaban J connectivity index is 1.38. The predicted octanol–water partition coefficient (Wildman–Crippen LogP) is 2.80. The van der Waals surface area contributed by atoms with Crippen molar-refractivity contribution in [1.29, 1.82) is 0 Å². The molecule has 7 nitrogen and oxygen atoms in total. The van der Waals surface area contributed by atoms with Crippen molar-refractivity contribution in [2.24, 2.45) is 0 Å². The monoisotopic (exact) mass is 505 g/mol. The van der Waals surface area contributed by atoms with Crippen molar-refractivity contribution in [2.75, 3.05) is 59.5 Å². The number of amides is 1. The van der Waals surface area contributed by atoms with Crippen molar-refractivity contribution in [3.63, 3.8) is 0 Å². The number of likely N-dealkylation sites (tertiary alicyclic amines) is 1. The van der Waals surface area contributed by atoms with Gasteiger partial charge in [0.15, 0.2) is 9.84 Å². The van der Waals surface area contributed by atoms with Crippen molar-refractivity contribution in [1.82, 2.24) is 14.7 Å².